The number of hydrogen-bond acceptors (Lipinski definition) is 5. The third kappa shape index (κ3) is 3.72. The highest BCUT2D eigenvalue weighted by Gasteiger charge is 2.34. The molecule has 0 saturated heterocycles. The van der Waals surface area contributed by atoms with Gasteiger partial charge in [0, 0.05) is 5.56 Å². The molecule has 2 aromatic heterocycles. The van der Waals surface area contributed by atoms with Crippen LogP contribution in [0.2, 0.25) is 0 Å². The van der Waals surface area contributed by atoms with Gasteiger partial charge < -0.3 is 0 Å². The predicted octanol–water partition coefficient (Wildman–Crippen LogP) is 5.65. The van der Waals surface area contributed by atoms with Crippen molar-refractivity contribution in [1.29, 1.82) is 0 Å². The van der Waals surface area contributed by atoms with Crippen LogP contribution in [0.5, 0.6) is 0 Å². The van der Waals surface area contributed by atoms with Gasteiger partial charge in [0.2, 0.25) is 5.95 Å². The van der Waals surface area contributed by atoms with Crippen molar-refractivity contribution in [2.45, 2.75) is 6.18 Å². The van der Waals surface area contributed by atoms with E-state index in [1.54, 1.807) is 6.07 Å². The lowest BCUT2D eigenvalue weighted by Gasteiger charge is -2.11. The molecule has 4 aromatic rings. The molecule has 0 saturated carbocycles. The second kappa shape index (κ2) is 6.58. The van der Waals surface area contributed by atoms with E-state index in [9.17, 15) is 17.6 Å². The monoisotopic (exact) mass is 390 g/mol. The Morgan fingerprint density at radius 2 is 1.63 bits per heavy atom. The van der Waals surface area contributed by atoms with Crippen molar-refractivity contribution in [2.24, 2.45) is 0 Å². The number of rotatable bonds is 3. The second-order valence-electron chi connectivity index (χ2n) is 5.58. The topological polar surface area (TPSA) is 50.7 Å². The minimum Gasteiger partial charge on any atom is -0.300 e. The number of benzene rings is 2. The summed E-state index contributed by atoms with van der Waals surface area (Å²) in [5, 5.41) is 3.11. The number of nitrogens with zero attached hydrogens (tertiary/aromatic N) is 3. The van der Waals surface area contributed by atoms with E-state index < -0.39 is 17.7 Å². The summed E-state index contributed by atoms with van der Waals surface area (Å²) >= 11 is 1.28. The molecule has 0 unspecified atom stereocenters. The number of hydrogen-bond donors (Lipinski definition) is 1. The molecule has 0 atom stereocenters. The minimum atomic E-state index is -4.65. The average molecular weight is 390 g/mol. The summed E-state index contributed by atoms with van der Waals surface area (Å²) < 4.78 is 53.7. The highest BCUT2D eigenvalue weighted by Crippen LogP contribution is 2.33. The van der Waals surface area contributed by atoms with Gasteiger partial charge in [0.15, 0.2) is 10.8 Å². The van der Waals surface area contributed by atoms with Gasteiger partial charge in [0.05, 0.1) is 15.9 Å². The molecule has 0 fully saturated rings. The van der Waals surface area contributed by atoms with Gasteiger partial charge in [0.25, 0.3) is 0 Å². The van der Waals surface area contributed by atoms with Crippen LogP contribution in [0.3, 0.4) is 0 Å². The standard InChI is InChI=1S/C18H10F4N4S/c19-11-7-5-10(6-8-11)13-9-15(18(20,21)22)25-16(23-13)26-17-24-12-3-1-2-4-14(12)27-17/h1-9H,(H,23,24,25,26). The Labute approximate surface area is 154 Å². The third-order valence-electron chi connectivity index (χ3n) is 3.67. The molecule has 0 aliphatic rings. The highest BCUT2D eigenvalue weighted by molar-refractivity contribution is 7.22. The van der Waals surface area contributed by atoms with Crippen molar-refractivity contribution < 1.29 is 17.6 Å². The van der Waals surface area contributed by atoms with E-state index in [-0.39, 0.29) is 11.6 Å². The maximum atomic E-state index is 13.2. The second-order valence-corrected chi connectivity index (χ2v) is 6.61. The first-order valence-corrected chi connectivity index (χ1v) is 8.55. The molecular weight excluding hydrogens is 380 g/mol. The summed E-state index contributed by atoms with van der Waals surface area (Å²) in [6.45, 7) is 0. The van der Waals surface area contributed by atoms with E-state index in [4.69, 9.17) is 0 Å². The van der Waals surface area contributed by atoms with Crippen LogP contribution in [-0.4, -0.2) is 15.0 Å². The van der Waals surface area contributed by atoms with Gasteiger partial charge in [-0.3, -0.25) is 5.32 Å². The van der Waals surface area contributed by atoms with Crippen LogP contribution in [0.25, 0.3) is 21.5 Å². The first kappa shape index (κ1) is 17.3. The van der Waals surface area contributed by atoms with Crippen LogP contribution in [0.15, 0.2) is 54.6 Å². The molecule has 0 radical (unpaired) electrons. The summed E-state index contributed by atoms with van der Waals surface area (Å²) in [6.07, 6.45) is -4.65. The fourth-order valence-electron chi connectivity index (χ4n) is 2.44. The van der Waals surface area contributed by atoms with Crippen LogP contribution in [0.4, 0.5) is 28.6 Å². The lowest BCUT2D eigenvalue weighted by Crippen LogP contribution is -2.11. The van der Waals surface area contributed by atoms with E-state index >= 15 is 0 Å². The Morgan fingerprint density at radius 3 is 2.33 bits per heavy atom. The normalized spacial score (nSPS) is 11.7. The summed E-state index contributed by atoms with van der Waals surface area (Å²) in [7, 11) is 0. The zero-order chi connectivity index (χ0) is 19.0. The van der Waals surface area contributed by atoms with Gasteiger partial charge in [-0.15, -0.1) is 0 Å². The van der Waals surface area contributed by atoms with Crippen molar-refractivity contribution in [3.63, 3.8) is 0 Å². The lowest BCUT2D eigenvalue weighted by atomic mass is 10.1. The summed E-state index contributed by atoms with van der Waals surface area (Å²) in [5.74, 6) is -0.722. The SMILES string of the molecule is Fc1ccc(-c2cc(C(F)(F)F)nc(Nc3nc4ccccc4s3)n2)cc1. The Balaban J connectivity index is 1.76. The summed E-state index contributed by atoms with van der Waals surface area (Å²) in [6, 6.07) is 13.2. The minimum absolute atomic E-state index is 0.0286. The summed E-state index contributed by atoms with van der Waals surface area (Å²) in [5.41, 5.74) is -0.00578. The van der Waals surface area contributed by atoms with E-state index in [2.05, 4.69) is 20.3 Å². The lowest BCUT2D eigenvalue weighted by molar-refractivity contribution is -0.141. The van der Waals surface area contributed by atoms with E-state index in [0.717, 1.165) is 28.4 Å². The molecular formula is C18H10F4N4S. The van der Waals surface area contributed by atoms with Gasteiger partial charge in [-0.1, -0.05) is 23.5 Å². The first-order valence-electron chi connectivity index (χ1n) is 7.73. The van der Waals surface area contributed by atoms with Crippen molar-refractivity contribution in [3.8, 4) is 11.3 Å². The van der Waals surface area contributed by atoms with Gasteiger partial charge in [-0.25, -0.2) is 19.3 Å². The van der Waals surface area contributed by atoms with Crippen LogP contribution >= 0.6 is 11.3 Å². The maximum Gasteiger partial charge on any atom is 0.433 e. The van der Waals surface area contributed by atoms with Crippen LogP contribution in [-0.2, 0) is 6.18 Å². The number of nitrogens with one attached hydrogen (secondary N) is 1. The van der Waals surface area contributed by atoms with E-state index in [1.165, 1.54) is 23.5 Å². The number of para-hydroxylation sites is 1. The third-order valence-corrected chi connectivity index (χ3v) is 4.62. The van der Waals surface area contributed by atoms with E-state index in [1.807, 2.05) is 18.2 Å². The molecule has 4 nitrogen and oxygen atoms in total. The molecule has 4 rings (SSSR count). The van der Waals surface area contributed by atoms with Crippen LogP contribution in [0, 0.1) is 5.82 Å². The number of fused-ring (bicyclic) bond motifs is 1. The van der Waals surface area contributed by atoms with Gasteiger partial charge >= 0.3 is 6.18 Å². The molecule has 9 heteroatoms. The average Bonchev–Trinajstić information content (AvgIpc) is 3.03. The fraction of sp³-hybridized carbons (Fsp3) is 0.0556. The first-order chi connectivity index (χ1) is 12.9. The Bertz CT molecular complexity index is 1070. The van der Waals surface area contributed by atoms with Gasteiger partial charge in [-0.05, 0) is 42.5 Å². The molecule has 0 amide bonds. The van der Waals surface area contributed by atoms with E-state index in [0.29, 0.717) is 10.7 Å². The van der Waals surface area contributed by atoms with Crippen LogP contribution in [0.1, 0.15) is 5.69 Å². The maximum absolute atomic E-state index is 13.2. The largest absolute Gasteiger partial charge is 0.433 e. The number of halogens is 4. The molecule has 0 bridgehead atoms. The zero-order valence-corrected chi connectivity index (χ0v) is 14.3. The zero-order valence-electron chi connectivity index (χ0n) is 13.5. The number of alkyl halides is 3. The quantitative estimate of drug-likeness (QED) is 0.459. The Kier molecular flexibility index (Phi) is 4.23. The number of anilines is 2. The molecule has 136 valence electrons. The van der Waals surface area contributed by atoms with Crippen LogP contribution < -0.4 is 5.32 Å². The molecule has 0 aliphatic heterocycles. The van der Waals surface area contributed by atoms with Gasteiger partial charge in [0.1, 0.15) is 5.82 Å². The van der Waals surface area contributed by atoms with Gasteiger partial charge in [-0.2, -0.15) is 13.2 Å². The molecule has 0 spiro atoms. The molecule has 27 heavy (non-hydrogen) atoms. The predicted molar refractivity (Wildman–Crippen MR) is 95.3 cm³/mol. The van der Waals surface area contributed by atoms with Crippen molar-refractivity contribution >= 4 is 32.6 Å². The number of aromatic nitrogens is 3. The van der Waals surface area contributed by atoms with Crippen molar-refractivity contribution in [1.82, 2.24) is 15.0 Å². The molecule has 1 N–H and O–H groups in total. The fourth-order valence-corrected chi connectivity index (χ4v) is 3.30. The number of thiazole rings is 1. The smallest absolute Gasteiger partial charge is 0.300 e. The Morgan fingerprint density at radius 1 is 0.889 bits per heavy atom. The summed E-state index contributed by atoms with van der Waals surface area (Å²) in [4.78, 5) is 12.0. The van der Waals surface area contributed by atoms with Crippen molar-refractivity contribution in [3.05, 3.63) is 66.1 Å². The molecule has 0 aliphatic carbocycles. The molecule has 2 heterocycles. The highest BCUT2D eigenvalue weighted by atomic mass is 32.1. The Hall–Kier alpha value is -3.07. The van der Waals surface area contributed by atoms with Crippen molar-refractivity contribution in [2.75, 3.05) is 5.32 Å². The molecule has 2 aromatic carbocycles.